The molecule has 47 heavy (non-hydrogen) atoms. The van der Waals surface area contributed by atoms with E-state index < -0.39 is 10.1 Å². The molecule has 0 aliphatic carbocycles. The average Bonchev–Trinajstić information content (AvgIpc) is 3.12. The lowest BCUT2D eigenvalue weighted by molar-refractivity contribution is -0.572. The van der Waals surface area contributed by atoms with Gasteiger partial charge in [-0.25, -0.2) is 8.42 Å². The molecule has 0 amide bonds. The third kappa shape index (κ3) is 6.08. The lowest BCUT2D eigenvalue weighted by Gasteiger charge is -2.16. The Hall–Kier alpha value is -5.82. The van der Waals surface area contributed by atoms with Gasteiger partial charge in [0.2, 0.25) is 17.1 Å². The summed E-state index contributed by atoms with van der Waals surface area (Å²) in [6.07, 6.45) is 0. The zero-order valence-corrected chi connectivity index (χ0v) is 26.0. The van der Waals surface area contributed by atoms with Crippen LogP contribution >= 0.6 is 0 Å². The van der Waals surface area contributed by atoms with E-state index in [1.54, 1.807) is 12.1 Å². The van der Waals surface area contributed by atoms with E-state index >= 15 is 0 Å². The van der Waals surface area contributed by atoms with Crippen molar-refractivity contribution in [2.24, 2.45) is 0 Å². The van der Waals surface area contributed by atoms with E-state index in [1.165, 1.54) is 12.1 Å². The summed E-state index contributed by atoms with van der Waals surface area (Å²) in [4.78, 5) is -0.273. The van der Waals surface area contributed by atoms with Crippen LogP contribution in [0.25, 0.3) is 61.6 Å². The van der Waals surface area contributed by atoms with Gasteiger partial charge in [-0.1, -0.05) is 109 Å². The fraction of sp³-hybridized carbons (Fsp3) is 0. The molecule has 0 unspecified atom stereocenters. The molecular weight excluding hydrogens is 603 g/mol. The standard InChI is InChI=1S/C41H29NO4S/c43-41-37(30-13-5-1-6-14-30)27-35(28-38(41)31-15-7-2-8-16-31)42-39(32-17-9-3-10-18-32)25-34(26-40(42)33-19-11-4-12-20-33)29-21-23-36(24-22-29)47(44,45)46/h1-28H,(H-,43,44,45,46). The summed E-state index contributed by atoms with van der Waals surface area (Å²) >= 11 is 0. The van der Waals surface area contributed by atoms with E-state index in [2.05, 4.69) is 16.7 Å². The first-order valence-electron chi connectivity index (χ1n) is 15.1. The largest absolute Gasteiger partial charge is 0.744 e. The highest BCUT2D eigenvalue weighted by Crippen LogP contribution is 2.40. The third-order valence-electron chi connectivity index (χ3n) is 8.20. The first-order chi connectivity index (χ1) is 22.9. The number of benzene rings is 6. The van der Waals surface area contributed by atoms with E-state index in [-0.39, 0.29) is 10.6 Å². The van der Waals surface area contributed by atoms with Gasteiger partial charge in [-0.3, -0.25) is 0 Å². The highest BCUT2D eigenvalue weighted by molar-refractivity contribution is 7.85. The van der Waals surface area contributed by atoms with Gasteiger partial charge in [0, 0.05) is 46.5 Å². The molecule has 0 fully saturated rings. The molecule has 0 radical (unpaired) electrons. The number of aromatic hydroxyl groups is 1. The van der Waals surface area contributed by atoms with Crippen molar-refractivity contribution in [3.63, 3.8) is 0 Å². The highest BCUT2D eigenvalue weighted by atomic mass is 32.2. The van der Waals surface area contributed by atoms with Gasteiger partial charge in [-0.2, -0.15) is 4.57 Å². The minimum atomic E-state index is -4.58. The fourth-order valence-corrected chi connectivity index (χ4v) is 6.39. The monoisotopic (exact) mass is 631 g/mol. The predicted molar refractivity (Wildman–Crippen MR) is 185 cm³/mol. The second-order valence-corrected chi connectivity index (χ2v) is 12.6. The number of hydrogen-bond acceptors (Lipinski definition) is 4. The highest BCUT2D eigenvalue weighted by Gasteiger charge is 2.27. The number of aromatic nitrogens is 1. The Bertz CT molecular complexity index is 2170. The lowest BCUT2D eigenvalue weighted by Crippen LogP contribution is -2.36. The minimum Gasteiger partial charge on any atom is -0.744 e. The second-order valence-electron chi connectivity index (χ2n) is 11.2. The van der Waals surface area contributed by atoms with Gasteiger partial charge in [0.05, 0.1) is 4.90 Å². The molecular formula is C41H29NO4S. The van der Waals surface area contributed by atoms with Crippen LogP contribution in [0, 0.1) is 0 Å². The molecule has 0 aliphatic heterocycles. The van der Waals surface area contributed by atoms with Crippen LogP contribution in [-0.2, 0) is 10.1 Å². The van der Waals surface area contributed by atoms with Crippen LogP contribution in [-0.4, -0.2) is 18.1 Å². The summed E-state index contributed by atoms with van der Waals surface area (Å²) in [7, 11) is -4.58. The zero-order chi connectivity index (χ0) is 32.4. The van der Waals surface area contributed by atoms with Crippen molar-refractivity contribution in [3.05, 3.63) is 170 Å². The second kappa shape index (κ2) is 12.5. The van der Waals surface area contributed by atoms with Crippen molar-refractivity contribution in [1.29, 1.82) is 0 Å². The Labute approximate surface area is 274 Å². The molecule has 6 heteroatoms. The van der Waals surface area contributed by atoms with E-state index in [0.717, 1.165) is 50.5 Å². The summed E-state index contributed by atoms with van der Waals surface area (Å²) < 4.78 is 37.2. The topological polar surface area (TPSA) is 81.3 Å². The van der Waals surface area contributed by atoms with Gasteiger partial charge in [-0.05, 0) is 58.7 Å². The van der Waals surface area contributed by atoms with Crippen molar-refractivity contribution >= 4 is 10.1 Å². The van der Waals surface area contributed by atoms with Gasteiger partial charge in [0.1, 0.15) is 15.9 Å². The van der Waals surface area contributed by atoms with E-state index in [4.69, 9.17) is 0 Å². The number of phenols is 1. The number of rotatable bonds is 7. The van der Waals surface area contributed by atoms with Crippen LogP contribution < -0.4 is 4.57 Å². The Kier molecular flexibility index (Phi) is 7.96. The predicted octanol–water partition coefficient (Wildman–Crippen LogP) is 8.91. The van der Waals surface area contributed by atoms with E-state index in [1.807, 2.05) is 133 Å². The molecule has 1 N–H and O–H groups in total. The molecule has 0 saturated heterocycles. The van der Waals surface area contributed by atoms with E-state index in [9.17, 15) is 18.1 Å². The van der Waals surface area contributed by atoms with Crippen LogP contribution in [0.4, 0.5) is 0 Å². The maximum Gasteiger partial charge on any atom is 0.219 e. The molecule has 228 valence electrons. The van der Waals surface area contributed by atoms with Crippen molar-refractivity contribution in [2.75, 3.05) is 0 Å². The number of pyridine rings is 1. The van der Waals surface area contributed by atoms with Crippen LogP contribution in [0.1, 0.15) is 0 Å². The quantitative estimate of drug-likeness (QED) is 0.141. The number of hydrogen-bond donors (Lipinski definition) is 1. The van der Waals surface area contributed by atoms with Gasteiger partial charge >= 0.3 is 0 Å². The smallest absolute Gasteiger partial charge is 0.219 e. The van der Waals surface area contributed by atoms with Crippen LogP contribution in [0.15, 0.2) is 175 Å². The lowest BCUT2D eigenvalue weighted by atomic mass is 9.94. The fourth-order valence-electron chi connectivity index (χ4n) is 5.92. The number of nitrogens with zero attached hydrogens (tertiary/aromatic N) is 1. The Morgan fingerprint density at radius 1 is 0.447 bits per heavy atom. The molecule has 7 rings (SSSR count). The van der Waals surface area contributed by atoms with Gasteiger partial charge in [-0.15, -0.1) is 0 Å². The zero-order valence-electron chi connectivity index (χ0n) is 25.2. The molecule has 1 aromatic heterocycles. The normalized spacial score (nSPS) is 11.3. The summed E-state index contributed by atoms with van der Waals surface area (Å²) in [6.45, 7) is 0. The van der Waals surface area contributed by atoms with Crippen molar-refractivity contribution in [1.82, 2.24) is 0 Å². The first kappa shape index (κ1) is 29.9. The summed E-state index contributed by atoms with van der Waals surface area (Å²) in [5.74, 6) is 0.194. The molecule has 0 saturated carbocycles. The molecule has 0 atom stereocenters. The van der Waals surface area contributed by atoms with Crippen molar-refractivity contribution < 1.29 is 22.6 Å². The maximum absolute atomic E-state index is 11.7. The molecule has 7 aromatic rings. The van der Waals surface area contributed by atoms with Gasteiger partial charge in [0.25, 0.3) is 0 Å². The third-order valence-corrected chi connectivity index (χ3v) is 9.05. The molecule has 0 bridgehead atoms. The van der Waals surface area contributed by atoms with Crippen molar-refractivity contribution in [3.8, 4) is 67.3 Å². The Morgan fingerprint density at radius 2 is 0.830 bits per heavy atom. The maximum atomic E-state index is 11.7. The minimum absolute atomic E-state index is 0.194. The SMILES string of the molecule is O=S(=O)([O-])c1ccc(-c2cc(-c3ccccc3)[n+](-c3cc(-c4ccccc4)c(O)c(-c4ccccc4)c3)c(-c3ccccc3)c2)cc1. The van der Waals surface area contributed by atoms with Crippen LogP contribution in [0.3, 0.4) is 0 Å². The summed E-state index contributed by atoms with van der Waals surface area (Å²) in [5, 5.41) is 11.7. The average molecular weight is 632 g/mol. The first-order valence-corrected chi connectivity index (χ1v) is 16.5. The molecule has 0 aliphatic rings. The van der Waals surface area contributed by atoms with Crippen LogP contribution in [0.2, 0.25) is 0 Å². The van der Waals surface area contributed by atoms with Gasteiger partial charge in [0.15, 0.2) is 0 Å². The Balaban J connectivity index is 1.57. The summed E-state index contributed by atoms with van der Waals surface area (Å²) in [5.41, 5.74) is 9.31. The van der Waals surface area contributed by atoms with Gasteiger partial charge < -0.3 is 9.66 Å². The Morgan fingerprint density at radius 3 is 1.21 bits per heavy atom. The van der Waals surface area contributed by atoms with Crippen molar-refractivity contribution in [2.45, 2.75) is 4.90 Å². The molecule has 1 heterocycles. The summed E-state index contributed by atoms with van der Waals surface area (Å²) in [6, 6.07) is 54.0. The molecule has 5 nitrogen and oxygen atoms in total. The molecule has 6 aromatic carbocycles. The van der Waals surface area contributed by atoms with E-state index in [0.29, 0.717) is 11.1 Å². The molecule has 0 spiro atoms. The van der Waals surface area contributed by atoms with Crippen LogP contribution in [0.5, 0.6) is 5.75 Å². The number of phenolic OH excluding ortho intramolecular Hbond substituents is 1.